The largest absolute Gasteiger partial charge is 0.493 e. The van der Waals surface area contributed by atoms with Crippen LogP contribution in [0.2, 0.25) is 15.1 Å². The van der Waals surface area contributed by atoms with Crippen molar-refractivity contribution in [3.63, 3.8) is 0 Å². The van der Waals surface area contributed by atoms with Gasteiger partial charge in [0.05, 0.1) is 12.1 Å². The quantitative estimate of drug-likeness (QED) is 0.379. The number of methoxy groups -OCH3 is 1. The van der Waals surface area contributed by atoms with Crippen molar-refractivity contribution >= 4 is 46.8 Å². The van der Waals surface area contributed by atoms with Gasteiger partial charge in [-0.25, -0.2) is 0 Å². The topological polar surface area (TPSA) is 71.3 Å². The summed E-state index contributed by atoms with van der Waals surface area (Å²) in [5.74, 6) is 0.320. The van der Waals surface area contributed by atoms with Crippen molar-refractivity contribution in [2.45, 2.75) is 38.3 Å². The van der Waals surface area contributed by atoms with E-state index in [1.807, 2.05) is 6.07 Å². The molecule has 2 aromatic carbocycles. The van der Waals surface area contributed by atoms with Crippen molar-refractivity contribution in [2.75, 3.05) is 7.11 Å². The third-order valence-corrected chi connectivity index (χ3v) is 5.87. The third kappa shape index (κ3) is 6.07. The van der Waals surface area contributed by atoms with Crippen molar-refractivity contribution in [1.29, 1.82) is 5.26 Å². The van der Waals surface area contributed by atoms with Crippen LogP contribution < -0.4 is 14.8 Å². The molecule has 0 unspecified atom stereocenters. The lowest BCUT2D eigenvalue weighted by molar-refractivity contribution is -0.117. The number of carbonyl (C=O) groups is 1. The predicted molar refractivity (Wildman–Crippen MR) is 123 cm³/mol. The van der Waals surface area contributed by atoms with Crippen LogP contribution in [-0.4, -0.2) is 19.1 Å². The number of carbonyl (C=O) groups excluding carboxylic acids is 1. The number of nitrogens with one attached hydrogen (secondary N) is 1. The van der Waals surface area contributed by atoms with E-state index in [0.29, 0.717) is 27.1 Å². The van der Waals surface area contributed by atoms with E-state index in [1.54, 1.807) is 30.3 Å². The summed E-state index contributed by atoms with van der Waals surface area (Å²) in [5.41, 5.74) is 1.30. The van der Waals surface area contributed by atoms with E-state index in [9.17, 15) is 10.1 Å². The Hall–Kier alpha value is -2.39. The van der Waals surface area contributed by atoms with Crippen LogP contribution in [0.1, 0.15) is 36.8 Å². The number of amides is 1. The SMILES string of the molecule is COc1cc(/C=C(/C#N)C(=O)NC2CCCC2)cc(Cl)c1OCc1ccc(Cl)cc1Cl. The molecule has 0 atom stereocenters. The van der Waals surface area contributed by atoms with E-state index < -0.39 is 0 Å². The minimum absolute atomic E-state index is 0.00614. The zero-order valence-electron chi connectivity index (χ0n) is 16.9. The molecular weight excluding hydrogens is 459 g/mol. The molecule has 1 amide bonds. The summed E-state index contributed by atoms with van der Waals surface area (Å²) in [6.45, 7) is 0.161. The number of benzene rings is 2. The summed E-state index contributed by atoms with van der Waals surface area (Å²) in [6.07, 6.45) is 5.54. The molecule has 0 saturated heterocycles. The maximum atomic E-state index is 12.4. The molecule has 5 nitrogen and oxygen atoms in total. The molecule has 0 spiro atoms. The van der Waals surface area contributed by atoms with Crippen LogP contribution in [0.25, 0.3) is 6.08 Å². The Morgan fingerprint density at radius 2 is 1.94 bits per heavy atom. The molecule has 31 heavy (non-hydrogen) atoms. The highest BCUT2D eigenvalue weighted by Crippen LogP contribution is 2.38. The fraction of sp³-hybridized carbons (Fsp3) is 0.304. The first-order chi connectivity index (χ1) is 14.9. The van der Waals surface area contributed by atoms with Crippen LogP contribution in [0.15, 0.2) is 35.9 Å². The zero-order valence-corrected chi connectivity index (χ0v) is 19.2. The normalized spacial score (nSPS) is 14.2. The maximum Gasteiger partial charge on any atom is 0.262 e. The summed E-state index contributed by atoms with van der Waals surface area (Å²) >= 11 is 18.5. The van der Waals surface area contributed by atoms with Gasteiger partial charge in [0.2, 0.25) is 0 Å². The smallest absolute Gasteiger partial charge is 0.262 e. The Balaban J connectivity index is 1.79. The van der Waals surface area contributed by atoms with Gasteiger partial charge in [-0.05, 0) is 48.7 Å². The minimum Gasteiger partial charge on any atom is -0.493 e. The monoisotopic (exact) mass is 478 g/mol. The molecule has 1 aliphatic rings. The molecule has 0 aliphatic heterocycles. The Kier molecular flexibility index (Phi) is 8.09. The van der Waals surface area contributed by atoms with Crippen LogP contribution >= 0.6 is 34.8 Å². The lowest BCUT2D eigenvalue weighted by atomic mass is 10.1. The fourth-order valence-electron chi connectivity index (χ4n) is 3.40. The molecule has 1 saturated carbocycles. The van der Waals surface area contributed by atoms with Gasteiger partial charge in [-0.3, -0.25) is 4.79 Å². The van der Waals surface area contributed by atoms with Crippen molar-refractivity contribution in [3.05, 3.63) is 62.1 Å². The molecule has 0 radical (unpaired) electrons. The molecule has 0 heterocycles. The van der Waals surface area contributed by atoms with Gasteiger partial charge < -0.3 is 14.8 Å². The van der Waals surface area contributed by atoms with Gasteiger partial charge in [0.15, 0.2) is 11.5 Å². The van der Waals surface area contributed by atoms with E-state index in [-0.39, 0.29) is 29.2 Å². The number of hydrogen-bond acceptors (Lipinski definition) is 4. The molecule has 0 bridgehead atoms. The van der Waals surface area contributed by atoms with Gasteiger partial charge in [-0.1, -0.05) is 53.7 Å². The Bertz CT molecular complexity index is 1040. The molecule has 8 heteroatoms. The summed E-state index contributed by atoms with van der Waals surface area (Å²) in [4.78, 5) is 12.4. The van der Waals surface area contributed by atoms with Gasteiger partial charge in [0, 0.05) is 21.7 Å². The molecule has 0 aromatic heterocycles. The molecule has 162 valence electrons. The highest BCUT2D eigenvalue weighted by molar-refractivity contribution is 6.35. The summed E-state index contributed by atoms with van der Waals surface area (Å²) in [5, 5.41) is 13.7. The molecule has 1 aliphatic carbocycles. The van der Waals surface area contributed by atoms with Crippen molar-refractivity contribution < 1.29 is 14.3 Å². The van der Waals surface area contributed by atoms with Crippen molar-refractivity contribution in [2.24, 2.45) is 0 Å². The first-order valence-electron chi connectivity index (χ1n) is 9.78. The van der Waals surface area contributed by atoms with E-state index in [2.05, 4.69) is 5.32 Å². The highest BCUT2D eigenvalue weighted by Gasteiger charge is 2.20. The number of halogens is 3. The lowest BCUT2D eigenvalue weighted by Gasteiger charge is -2.14. The van der Waals surface area contributed by atoms with E-state index in [1.165, 1.54) is 13.2 Å². The molecule has 1 N–H and O–H groups in total. The van der Waals surface area contributed by atoms with Gasteiger partial charge in [0.1, 0.15) is 18.2 Å². The third-order valence-electron chi connectivity index (χ3n) is 5.01. The fourth-order valence-corrected chi connectivity index (χ4v) is 4.14. The standard InChI is InChI=1S/C23H21Cl3N2O3/c1-30-21-10-14(8-16(12-27)23(29)28-18-4-2-3-5-18)9-20(26)22(21)31-13-15-6-7-17(24)11-19(15)25/h6-11,18H,2-5,13H2,1H3,(H,28,29)/b16-8-. The lowest BCUT2D eigenvalue weighted by Crippen LogP contribution is -2.33. The van der Waals surface area contributed by atoms with Crippen LogP contribution in [0.5, 0.6) is 11.5 Å². The second kappa shape index (κ2) is 10.8. The van der Waals surface area contributed by atoms with Gasteiger partial charge in [-0.15, -0.1) is 0 Å². The zero-order chi connectivity index (χ0) is 22.4. The maximum absolute atomic E-state index is 12.4. The van der Waals surface area contributed by atoms with E-state index >= 15 is 0 Å². The predicted octanol–water partition coefficient (Wildman–Crippen LogP) is 6.20. The van der Waals surface area contributed by atoms with Crippen molar-refractivity contribution in [3.8, 4) is 17.6 Å². The number of hydrogen-bond donors (Lipinski definition) is 1. The first kappa shape index (κ1) is 23.3. The van der Waals surface area contributed by atoms with Gasteiger partial charge in [0.25, 0.3) is 5.91 Å². The number of nitrogens with zero attached hydrogens (tertiary/aromatic N) is 1. The van der Waals surface area contributed by atoms with E-state index in [4.69, 9.17) is 44.3 Å². The molecule has 1 fully saturated rings. The Morgan fingerprint density at radius 3 is 2.58 bits per heavy atom. The molecule has 3 rings (SSSR count). The number of ether oxygens (including phenoxy) is 2. The second-order valence-electron chi connectivity index (χ2n) is 7.18. The summed E-state index contributed by atoms with van der Waals surface area (Å²) < 4.78 is 11.3. The minimum atomic E-state index is -0.387. The average molecular weight is 480 g/mol. The summed E-state index contributed by atoms with van der Waals surface area (Å²) in [6, 6.07) is 10.5. The van der Waals surface area contributed by atoms with Crippen LogP contribution in [0.3, 0.4) is 0 Å². The van der Waals surface area contributed by atoms with Gasteiger partial charge in [-0.2, -0.15) is 5.26 Å². The van der Waals surface area contributed by atoms with Gasteiger partial charge >= 0.3 is 0 Å². The Labute approximate surface area is 196 Å². The van der Waals surface area contributed by atoms with Crippen LogP contribution in [0.4, 0.5) is 0 Å². The highest BCUT2D eigenvalue weighted by atomic mass is 35.5. The number of rotatable bonds is 7. The summed E-state index contributed by atoms with van der Waals surface area (Å²) in [7, 11) is 1.49. The van der Waals surface area contributed by atoms with E-state index in [0.717, 1.165) is 31.2 Å². The average Bonchev–Trinajstić information content (AvgIpc) is 3.24. The molecular formula is C23H21Cl3N2O3. The van der Waals surface area contributed by atoms with Crippen molar-refractivity contribution in [1.82, 2.24) is 5.32 Å². The Morgan fingerprint density at radius 1 is 1.19 bits per heavy atom. The first-order valence-corrected chi connectivity index (χ1v) is 10.9. The second-order valence-corrected chi connectivity index (χ2v) is 8.43. The van der Waals surface area contributed by atoms with Crippen LogP contribution in [0, 0.1) is 11.3 Å². The molecule has 2 aromatic rings. The number of nitriles is 1. The van der Waals surface area contributed by atoms with Crippen LogP contribution in [-0.2, 0) is 11.4 Å².